The fraction of sp³-hybridized carbons (Fsp3) is 0.357. The van der Waals surface area contributed by atoms with Gasteiger partial charge in [0, 0.05) is 30.2 Å². The average Bonchev–Trinajstić information content (AvgIpc) is 2.77. The molecule has 2 aromatic rings. The summed E-state index contributed by atoms with van der Waals surface area (Å²) >= 11 is 0. The van der Waals surface area contributed by atoms with E-state index >= 15 is 0 Å². The van der Waals surface area contributed by atoms with Gasteiger partial charge in [-0.1, -0.05) is 0 Å². The van der Waals surface area contributed by atoms with E-state index in [0.29, 0.717) is 13.0 Å². The Morgan fingerprint density at radius 3 is 3.05 bits per heavy atom. The van der Waals surface area contributed by atoms with Crippen LogP contribution in [0.5, 0.6) is 0 Å². The van der Waals surface area contributed by atoms with E-state index < -0.39 is 5.97 Å². The molecule has 0 amide bonds. The number of rotatable bonds is 2. The Kier molecular flexibility index (Phi) is 2.81. The van der Waals surface area contributed by atoms with Crippen molar-refractivity contribution in [2.24, 2.45) is 5.92 Å². The Morgan fingerprint density at radius 1 is 1.53 bits per heavy atom. The zero-order chi connectivity index (χ0) is 13.4. The predicted molar refractivity (Wildman–Crippen MR) is 69.6 cm³/mol. The van der Waals surface area contributed by atoms with Crippen LogP contribution in [0.2, 0.25) is 0 Å². The van der Waals surface area contributed by atoms with E-state index in [-0.39, 0.29) is 5.92 Å². The number of carboxylic acid groups (broad SMARTS) is 1. The zero-order valence-electron chi connectivity index (χ0n) is 10.7. The molecule has 3 rings (SSSR count). The van der Waals surface area contributed by atoms with Gasteiger partial charge in [0.15, 0.2) is 0 Å². The molecule has 0 spiro atoms. The molecule has 5 nitrogen and oxygen atoms in total. The Hall–Kier alpha value is -2.17. The second kappa shape index (κ2) is 4.50. The number of pyridine rings is 1. The van der Waals surface area contributed by atoms with Crippen LogP contribution in [0, 0.1) is 12.8 Å². The van der Waals surface area contributed by atoms with Crippen LogP contribution >= 0.6 is 0 Å². The third-order valence-corrected chi connectivity index (χ3v) is 3.67. The molecule has 0 aliphatic carbocycles. The van der Waals surface area contributed by atoms with Crippen molar-refractivity contribution in [2.75, 3.05) is 0 Å². The van der Waals surface area contributed by atoms with Crippen molar-refractivity contribution < 1.29 is 9.90 Å². The first kappa shape index (κ1) is 11.9. The van der Waals surface area contributed by atoms with Crippen LogP contribution in [-0.2, 0) is 17.8 Å². The molecular formula is C14H15N3O2. The van der Waals surface area contributed by atoms with E-state index in [4.69, 9.17) is 0 Å². The molecule has 0 saturated heterocycles. The summed E-state index contributed by atoms with van der Waals surface area (Å²) in [5.41, 5.74) is 3.07. The number of hydrogen-bond donors (Lipinski definition) is 1. The highest BCUT2D eigenvalue weighted by molar-refractivity contribution is 5.70. The van der Waals surface area contributed by atoms with Crippen LogP contribution in [0.1, 0.15) is 17.8 Å². The molecule has 3 heterocycles. The fourth-order valence-corrected chi connectivity index (χ4v) is 2.66. The summed E-state index contributed by atoms with van der Waals surface area (Å²) in [7, 11) is 0. The van der Waals surface area contributed by atoms with Crippen LogP contribution in [0.25, 0.3) is 11.4 Å². The molecule has 1 aliphatic heterocycles. The van der Waals surface area contributed by atoms with Crippen LogP contribution in [0.4, 0.5) is 0 Å². The number of imidazole rings is 1. The van der Waals surface area contributed by atoms with Crippen molar-refractivity contribution in [1.82, 2.24) is 14.5 Å². The number of aliphatic carboxylic acids is 1. The lowest BCUT2D eigenvalue weighted by atomic mass is 9.97. The third-order valence-electron chi connectivity index (χ3n) is 3.67. The molecule has 0 radical (unpaired) electrons. The third kappa shape index (κ3) is 2.01. The fourth-order valence-electron chi connectivity index (χ4n) is 2.66. The van der Waals surface area contributed by atoms with Gasteiger partial charge in [-0.3, -0.25) is 9.78 Å². The Bertz CT molecular complexity index is 619. The van der Waals surface area contributed by atoms with E-state index in [1.54, 1.807) is 12.4 Å². The number of hydrogen-bond acceptors (Lipinski definition) is 3. The van der Waals surface area contributed by atoms with Crippen molar-refractivity contribution in [3.63, 3.8) is 0 Å². The normalized spacial score (nSPS) is 18.1. The molecule has 0 saturated carbocycles. The number of fused-ring (bicyclic) bond motifs is 1. The van der Waals surface area contributed by atoms with Crippen molar-refractivity contribution in [2.45, 2.75) is 26.3 Å². The lowest BCUT2D eigenvalue weighted by Gasteiger charge is -2.22. The van der Waals surface area contributed by atoms with Gasteiger partial charge >= 0.3 is 5.97 Å². The Labute approximate surface area is 110 Å². The topological polar surface area (TPSA) is 68.0 Å². The second-order valence-corrected chi connectivity index (χ2v) is 4.89. The number of nitrogens with zero attached hydrogens (tertiary/aromatic N) is 3. The summed E-state index contributed by atoms with van der Waals surface area (Å²) in [6.07, 6.45) is 4.94. The lowest BCUT2D eigenvalue weighted by molar-refractivity contribution is -0.142. The molecule has 0 aromatic carbocycles. The molecule has 2 aromatic heterocycles. The first-order valence-electron chi connectivity index (χ1n) is 6.36. The van der Waals surface area contributed by atoms with E-state index in [1.807, 2.05) is 23.6 Å². The predicted octanol–water partition coefficient (Wildman–Crippen LogP) is 1.90. The zero-order valence-corrected chi connectivity index (χ0v) is 10.7. The highest BCUT2D eigenvalue weighted by atomic mass is 16.4. The van der Waals surface area contributed by atoms with Crippen molar-refractivity contribution >= 4 is 5.97 Å². The molecule has 1 unspecified atom stereocenters. The summed E-state index contributed by atoms with van der Waals surface area (Å²) in [4.78, 5) is 19.9. The van der Waals surface area contributed by atoms with Crippen LogP contribution in [0.15, 0.2) is 24.5 Å². The maximum absolute atomic E-state index is 11.2. The van der Waals surface area contributed by atoms with E-state index in [1.165, 1.54) is 0 Å². The van der Waals surface area contributed by atoms with Gasteiger partial charge in [0.25, 0.3) is 0 Å². The molecule has 1 atom stereocenters. The van der Waals surface area contributed by atoms with Crippen LogP contribution < -0.4 is 0 Å². The minimum atomic E-state index is -0.728. The number of aryl methyl sites for hydroxylation is 1. The summed E-state index contributed by atoms with van der Waals surface area (Å²) < 4.78 is 2.04. The van der Waals surface area contributed by atoms with Crippen molar-refractivity contribution in [3.8, 4) is 11.4 Å². The summed E-state index contributed by atoms with van der Waals surface area (Å²) in [6.45, 7) is 2.47. The molecule has 0 bridgehead atoms. The molecule has 1 aliphatic rings. The lowest BCUT2D eigenvalue weighted by Crippen LogP contribution is -2.27. The highest BCUT2D eigenvalue weighted by Crippen LogP contribution is 2.29. The Balaban J connectivity index is 2.07. The average molecular weight is 257 g/mol. The SMILES string of the molecule is Cc1nc(-c2cccnc2)n2c1CCC(C(=O)O)C2. The molecule has 19 heavy (non-hydrogen) atoms. The van der Waals surface area contributed by atoms with E-state index in [2.05, 4.69) is 9.97 Å². The molecule has 0 fully saturated rings. The van der Waals surface area contributed by atoms with E-state index in [0.717, 1.165) is 29.2 Å². The van der Waals surface area contributed by atoms with Crippen molar-refractivity contribution in [3.05, 3.63) is 35.9 Å². The number of carboxylic acids is 1. The van der Waals surface area contributed by atoms with Crippen LogP contribution in [-0.4, -0.2) is 25.6 Å². The van der Waals surface area contributed by atoms with Gasteiger partial charge in [-0.15, -0.1) is 0 Å². The second-order valence-electron chi connectivity index (χ2n) is 4.89. The largest absolute Gasteiger partial charge is 0.481 e. The summed E-state index contributed by atoms with van der Waals surface area (Å²) in [5.74, 6) is -0.225. The minimum absolute atomic E-state index is 0.323. The quantitative estimate of drug-likeness (QED) is 0.892. The van der Waals surface area contributed by atoms with Gasteiger partial charge < -0.3 is 9.67 Å². The monoisotopic (exact) mass is 257 g/mol. The first-order chi connectivity index (χ1) is 9.16. The van der Waals surface area contributed by atoms with Gasteiger partial charge in [0.2, 0.25) is 0 Å². The highest BCUT2D eigenvalue weighted by Gasteiger charge is 2.28. The summed E-state index contributed by atoms with van der Waals surface area (Å²) in [6, 6.07) is 3.82. The molecule has 5 heteroatoms. The molecule has 1 N–H and O–H groups in total. The minimum Gasteiger partial charge on any atom is -0.481 e. The van der Waals surface area contributed by atoms with Gasteiger partial charge in [0.1, 0.15) is 5.82 Å². The maximum atomic E-state index is 11.2. The number of aromatic nitrogens is 3. The van der Waals surface area contributed by atoms with Gasteiger partial charge in [-0.05, 0) is 31.9 Å². The maximum Gasteiger partial charge on any atom is 0.308 e. The summed E-state index contributed by atoms with van der Waals surface area (Å²) in [5, 5.41) is 9.19. The van der Waals surface area contributed by atoms with Gasteiger partial charge in [0.05, 0.1) is 11.6 Å². The standard InChI is InChI=1S/C14H15N3O2/c1-9-12-5-4-11(14(18)19)8-17(12)13(16-9)10-3-2-6-15-7-10/h2-3,6-7,11H,4-5,8H2,1H3,(H,18,19). The first-order valence-corrected chi connectivity index (χ1v) is 6.36. The smallest absolute Gasteiger partial charge is 0.308 e. The Morgan fingerprint density at radius 2 is 2.37 bits per heavy atom. The van der Waals surface area contributed by atoms with Gasteiger partial charge in [-0.2, -0.15) is 0 Å². The molecule has 98 valence electrons. The van der Waals surface area contributed by atoms with Gasteiger partial charge in [-0.25, -0.2) is 4.98 Å². The van der Waals surface area contributed by atoms with Crippen molar-refractivity contribution in [1.29, 1.82) is 0 Å². The van der Waals surface area contributed by atoms with E-state index in [9.17, 15) is 9.90 Å². The molecular weight excluding hydrogens is 242 g/mol. The number of carbonyl (C=O) groups is 1. The van der Waals surface area contributed by atoms with Crippen LogP contribution in [0.3, 0.4) is 0 Å².